The van der Waals surface area contributed by atoms with E-state index >= 15 is 0 Å². The average molecular weight is 227 g/mol. The lowest BCUT2D eigenvalue weighted by molar-refractivity contribution is 0.464. The van der Waals surface area contributed by atoms with Gasteiger partial charge in [-0.25, -0.2) is 0 Å². The molecule has 1 heterocycles. The minimum atomic E-state index is 0.124. The highest BCUT2D eigenvalue weighted by molar-refractivity contribution is 7.99. The van der Waals surface area contributed by atoms with Crippen molar-refractivity contribution in [3.05, 3.63) is 23.7 Å². The topological polar surface area (TPSA) is 39.2 Å². The highest BCUT2D eigenvalue weighted by atomic mass is 32.2. The third-order valence-electron chi connectivity index (χ3n) is 2.13. The second kappa shape index (κ2) is 5.61. The van der Waals surface area contributed by atoms with Crippen molar-refractivity contribution in [3.8, 4) is 0 Å². The first-order valence-electron chi connectivity index (χ1n) is 5.44. The SMILES string of the molecule is Cc1ccc(C(SCC(C)C)C(C)N)o1. The Kier molecular flexibility index (Phi) is 4.74. The van der Waals surface area contributed by atoms with Gasteiger partial charge in [0.25, 0.3) is 0 Å². The highest BCUT2D eigenvalue weighted by Crippen LogP contribution is 2.33. The van der Waals surface area contributed by atoms with Crippen molar-refractivity contribution in [2.75, 3.05) is 5.75 Å². The van der Waals surface area contributed by atoms with E-state index in [4.69, 9.17) is 10.2 Å². The predicted molar refractivity (Wildman–Crippen MR) is 67.1 cm³/mol. The van der Waals surface area contributed by atoms with Crippen LogP contribution in [0.25, 0.3) is 0 Å². The van der Waals surface area contributed by atoms with E-state index in [1.165, 1.54) is 0 Å². The van der Waals surface area contributed by atoms with Gasteiger partial charge in [-0.2, -0.15) is 0 Å². The third-order valence-corrected chi connectivity index (χ3v) is 4.01. The largest absolute Gasteiger partial charge is 0.465 e. The van der Waals surface area contributed by atoms with Crippen molar-refractivity contribution in [2.24, 2.45) is 11.7 Å². The minimum absolute atomic E-state index is 0.124. The molecule has 2 nitrogen and oxygen atoms in total. The number of hydrogen-bond donors (Lipinski definition) is 1. The molecule has 1 aromatic heterocycles. The molecule has 0 aliphatic rings. The summed E-state index contributed by atoms with van der Waals surface area (Å²) in [6, 6.07) is 4.16. The zero-order valence-electron chi connectivity index (χ0n) is 9.99. The number of aryl methyl sites for hydroxylation is 1. The maximum atomic E-state index is 5.98. The van der Waals surface area contributed by atoms with Crippen LogP contribution in [0.4, 0.5) is 0 Å². The zero-order valence-corrected chi connectivity index (χ0v) is 10.8. The van der Waals surface area contributed by atoms with Crippen molar-refractivity contribution in [2.45, 2.75) is 39.0 Å². The van der Waals surface area contributed by atoms with E-state index in [-0.39, 0.29) is 11.3 Å². The number of hydrogen-bond acceptors (Lipinski definition) is 3. The van der Waals surface area contributed by atoms with Gasteiger partial charge in [-0.05, 0) is 37.7 Å². The molecule has 0 aliphatic carbocycles. The Hall–Kier alpha value is -0.410. The quantitative estimate of drug-likeness (QED) is 0.838. The summed E-state index contributed by atoms with van der Waals surface area (Å²) in [5.41, 5.74) is 5.98. The first-order valence-corrected chi connectivity index (χ1v) is 6.49. The van der Waals surface area contributed by atoms with Crippen LogP contribution in [0.3, 0.4) is 0 Å². The van der Waals surface area contributed by atoms with Gasteiger partial charge in [-0.3, -0.25) is 0 Å². The average Bonchev–Trinajstić information content (AvgIpc) is 2.51. The van der Waals surface area contributed by atoms with Crippen LogP contribution < -0.4 is 5.73 Å². The van der Waals surface area contributed by atoms with E-state index in [0.29, 0.717) is 5.92 Å². The van der Waals surface area contributed by atoms with Gasteiger partial charge in [-0.15, -0.1) is 11.8 Å². The number of furan rings is 1. The van der Waals surface area contributed by atoms with Gasteiger partial charge in [-0.1, -0.05) is 13.8 Å². The summed E-state index contributed by atoms with van der Waals surface area (Å²) in [7, 11) is 0. The Labute approximate surface area is 96.6 Å². The summed E-state index contributed by atoms with van der Waals surface area (Å²) < 4.78 is 5.64. The Balaban J connectivity index is 2.66. The standard InChI is InChI=1S/C12H21NOS/c1-8(2)7-15-12(10(4)13)11-6-5-9(3)14-11/h5-6,8,10,12H,7,13H2,1-4H3. The molecule has 0 amide bonds. The molecular weight excluding hydrogens is 206 g/mol. The van der Waals surface area contributed by atoms with Gasteiger partial charge in [0.1, 0.15) is 11.5 Å². The molecule has 0 saturated heterocycles. The summed E-state index contributed by atoms with van der Waals surface area (Å²) in [4.78, 5) is 0. The predicted octanol–water partition coefficient (Wildman–Crippen LogP) is 3.37. The Bertz CT molecular complexity index is 294. The van der Waals surface area contributed by atoms with Crippen LogP contribution >= 0.6 is 11.8 Å². The smallest absolute Gasteiger partial charge is 0.118 e. The molecule has 0 aliphatic heterocycles. The van der Waals surface area contributed by atoms with Crippen molar-refractivity contribution < 1.29 is 4.42 Å². The molecule has 2 unspecified atom stereocenters. The van der Waals surface area contributed by atoms with Gasteiger partial charge in [0.2, 0.25) is 0 Å². The van der Waals surface area contributed by atoms with Crippen LogP contribution in [-0.2, 0) is 0 Å². The van der Waals surface area contributed by atoms with Crippen LogP contribution in [0.1, 0.15) is 37.5 Å². The maximum absolute atomic E-state index is 5.98. The lowest BCUT2D eigenvalue weighted by Gasteiger charge is -2.19. The zero-order chi connectivity index (χ0) is 11.4. The number of thioether (sulfide) groups is 1. The van der Waals surface area contributed by atoms with Crippen molar-refractivity contribution in [1.29, 1.82) is 0 Å². The van der Waals surface area contributed by atoms with Crippen LogP contribution in [0.2, 0.25) is 0 Å². The fourth-order valence-electron chi connectivity index (χ4n) is 1.40. The summed E-state index contributed by atoms with van der Waals surface area (Å²) in [6.45, 7) is 8.45. The summed E-state index contributed by atoms with van der Waals surface area (Å²) in [5, 5.41) is 0.279. The molecule has 0 radical (unpaired) electrons. The molecule has 0 aromatic carbocycles. The van der Waals surface area contributed by atoms with Gasteiger partial charge in [0.05, 0.1) is 5.25 Å². The molecule has 1 aromatic rings. The molecule has 0 spiro atoms. The van der Waals surface area contributed by atoms with Gasteiger partial charge in [0, 0.05) is 6.04 Å². The van der Waals surface area contributed by atoms with E-state index in [1.54, 1.807) is 0 Å². The van der Waals surface area contributed by atoms with E-state index in [1.807, 2.05) is 37.7 Å². The molecule has 15 heavy (non-hydrogen) atoms. The van der Waals surface area contributed by atoms with Gasteiger partial charge >= 0.3 is 0 Å². The molecule has 2 atom stereocenters. The number of nitrogens with two attached hydrogens (primary N) is 1. The first kappa shape index (κ1) is 12.7. The summed E-state index contributed by atoms with van der Waals surface area (Å²) in [6.07, 6.45) is 0. The van der Waals surface area contributed by atoms with E-state index < -0.39 is 0 Å². The second-order valence-corrected chi connectivity index (χ2v) is 5.63. The van der Waals surface area contributed by atoms with Crippen molar-refractivity contribution in [3.63, 3.8) is 0 Å². The molecule has 86 valence electrons. The van der Waals surface area contributed by atoms with Gasteiger partial charge < -0.3 is 10.2 Å². The van der Waals surface area contributed by atoms with E-state index in [2.05, 4.69) is 13.8 Å². The molecule has 0 saturated carbocycles. The maximum Gasteiger partial charge on any atom is 0.118 e. The van der Waals surface area contributed by atoms with Crippen molar-refractivity contribution >= 4 is 11.8 Å². The molecular formula is C12H21NOS. The lowest BCUT2D eigenvalue weighted by atomic mass is 10.2. The lowest BCUT2D eigenvalue weighted by Crippen LogP contribution is -2.23. The normalized spacial score (nSPS) is 15.6. The molecule has 0 bridgehead atoms. The fraction of sp³-hybridized carbons (Fsp3) is 0.667. The Morgan fingerprint density at radius 1 is 1.33 bits per heavy atom. The Morgan fingerprint density at radius 2 is 2.00 bits per heavy atom. The van der Waals surface area contributed by atoms with Gasteiger partial charge in [0.15, 0.2) is 0 Å². The third kappa shape index (κ3) is 3.92. The number of rotatable bonds is 5. The molecule has 3 heteroatoms. The minimum Gasteiger partial charge on any atom is -0.465 e. The summed E-state index contributed by atoms with van der Waals surface area (Å²) in [5.74, 6) is 3.77. The van der Waals surface area contributed by atoms with Crippen LogP contribution in [0.15, 0.2) is 16.5 Å². The van der Waals surface area contributed by atoms with E-state index in [9.17, 15) is 0 Å². The fourth-order valence-corrected chi connectivity index (χ4v) is 2.58. The monoisotopic (exact) mass is 227 g/mol. The second-order valence-electron chi connectivity index (χ2n) is 4.46. The summed E-state index contributed by atoms with van der Waals surface area (Å²) >= 11 is 1.89. The first-order chi connectivity index (χ1) is 7.00. The van der Waals surface area contributed by atoms with Crippen molar-refractivity contribution in [1.82, 2.24) is 0 Å². The van der Waals surface area contributed by atoms with E-state index in [0.717, 1.165) is 17.3 Å². The Morgan fingerprint density at radius 3 is 2.40 bits per heavy atom. The van der Waals surface area contributed by atoms with Crippen LogP contribution in [-0.4, -0.2) is 11.8 Å². The molecule has 2 N–H and O–H groups in total. The molecule has 1 rings (SSSR count). The molecule has 0 fully saturated rings. The highest BCUT2D eigenvalue weighted by Gasteiger charge is 2.20. The van der Waals surface area contributed by atoms with Crippen LogP contribution in [0, 0.1) is 12.8 Å². The van der Waals surface area contributed by atoms with Crippen LogP contribution in [0.5, 0.6) is 0 Å².